The van der Waals surface area contributed by atoms with E-state index in [0.717, 1.165) is 12.0 Å². The quantitative estimate of drug-likeness (QED) is 0.826. The van der Waals surface area contributed by atoms with E-state index in [0.29, 0.717) is 18.8 Å². The van der Waals surface area contributed by atoms with Crippen molar-refractivity contribution in [2.75, 3.05) is 13.2 Å². The van der Waals surface area contributed by atoms with Crippen LogP contribution in [0.25, 0.3) is 0 Å². The first-order valence-electron chi connectivity index (χ1n) is 6.60. The Labute approximate surface area is 115 Å². The Bertz CT molecular complexity index is 411. The maximum Gasteiger partial charge on any atom is 0.257 e. The van der Waals surface area contributed by atoms with Crippen LogP contribution in [-0.2, 0) is 11.3 Å². The fourth-order valence-corrected chi connectivity index (χ4v) is 1.58. The summed E-state index contributed by atoms with van der Waals surface area (Å²) < 4.78 is 5.48. The summed E-state index contributed by atoms with van der Waals surface area (Å²) in [4.78, 5) is 11.6. The van der Waals surface area contributed by atoms with Gasteiger partial charge in [-0.25, -0.2) is 0 Å². The Kier molecular flexibility index (Phi) is 5.83. The number of amides is 1. The van der Waals surface area contributed by atoms with Gasteiger partial charge in [-0.15, -0.1) is 0 Å². The van der Waals surface area contributed by atoms with E-state index in [2.05, 4.69) is 26.1 Å². The molecule has 4 heteroatoms. The van der Waals surface area contributed by atoms with Crippen molar-refractivity contribution in [2.24, 2.45) is 11.1 Å². The maximum absolute atomic E-state index is 11.6. The molecular formula is C15H24N2O2. The van der Waals surface area contributed by atoms with Crippen LogP contribution >= 0.6 is 0 Å². The predicted molar refractivity (Wildman–Crippen MR) is 76.9 cm³/mol. The van der Waals surface area contributed by atoms with Gasteiger partial charge in [0.15, 0.2) is 6.61 Å². The molecule has 0 aliphatic carbocycles. The van der Waals surface area contributed by atoms with Crippen LogP contribution in [0.4, 0.5) is 0 Å². The van der Waals surface area contributed by atoms with Crippen molar-refractivity contribution in [3.8, 4) is 5.75 Å². The lowest BCUT2D eigenvalue weighted by Gasteiger charge is -2.18. The first kappa shape index (κ1) is 15.5. The number of hydrogen-bond donors (Lipinski definition) is 2. The minimum atomic E-state index is -0.101. The molecule has 0 heterocycles. The van der Waals surface area contributed by atoms with Gasteiger partial charge in [0, 0.05) is 18.7 Å². The van der Waals surface area contributed by atoms with E-state index in [1.54, 1.807) is 0 Å². The molecule has 0 unspecified atom stereocenters. The molecule has 0 aromatic heterocycles. The van der Waals surface area contributed by atoms with Crippen LogP contribution in [0.2, 0.25) is 0 Å². The second-order valence-corrected chi connectivity index (χ2v) is 5.76. The molecule has 0 saturated carbocycles. The fraction of sp³-hybridized carbons (Fsp3) is 0.533. The van der Waals surface area contributed by atoms with Gasteiger partial charge in [-0.3, -0.25) is 4.79 Å². The van der Waals surface area contributed by atoms with Crippen LogP contribution < -0.4 is 15.8 Å². The maximum atomic E-state index is 11.6. The molecule has 0 bridgehead atoms. The van der Waals surface area contributed by atoms with Crippen molar-refractivity contribution in [3.63, 3.8) is 0 Å². The van der Waals surface area contributed by atoms with Gasteiger partial charge in [-0.1, -0.05) is 39.0 Å². The lowest BCUT2D eigenvalue weighted by molar-refractivity contribution is -0.123. The SMILES string of the molecule is CC(C)(C)CCNC(=O)COc1ccccc1CN. The van der Waals surface area contributed by atoms with Crippen LogP contribution in [0.5, 0.6) is 5.75 Å². The van der Waals surface area contributed by atoms with E-state index in [4.69, 9.17) is 10.5 Å². The third-order valence-electron chi connectivity index (χ3n) is 2.75. The topological polar surface area (TPSA) is 64.3 Å². The van der Waals surface area contributed by atoms with Crippen molar-refractivity contribution in [3.05, 3.63) is 29.8 Å². The average Bonchev–Trinajstić information content (AvgIpc) is 2.35. The minimum absolute atomic E-state index is 0.0289. The van der Waals surface area contributed by atoms with Crippen LogP contribution in [0.1, 0.15) is 32.8 Å². The zero-order chi connectivity index (χ0) is 14.3. The largest absolute Gasteiger partial charge is 0.483 e. The van der Waals surface area contributed by atoms with E-state index in [-0.39, 0.29) is 17.9 Å². The molecule has 1 aromatic carbocycles. The lowest BCUT2D eigenvalue weighted by Crippen LogP contribution is -2.31. The third-order valence-corrected chi connectivity index (χ3v) is 2.75. The summed E-state index contributed by atoms with van der Waals surface area (Å²) in [5.41, 5.74) is 6.73. The highest BCUT2D eigenvalue weighted by Gasteiger charge is 2.11. The zero-order valence-corrected chi connectivity index (χ0v) is 12.0. The molecule has 1 aromatic rings. The molecule has 106 valence electrons. The second-order valence-electron chi connectivity index (χ2n) is 5.76. The molecule has 0 atom stereocenters. The smallest absolute Gasteiger partial charge is 0.257 e. The van der Waals surface area contributed by atoms with Crippen LogP contribution in [0, 0.1) is 5.41 Å². The molecule has 3 N–H and O–H groups in total. The third kappa shape index (κ3) is 6.25. The summed E-state index contributed by atoms with van der Waals surface area (Å²) in [7, 11) is 0. The number of nitrogens with one attached hydrogen (secondary N) is 1. The summed E-state index contributed by atoms with van der Waals surface area (Å²) >= 11 is 0. The second kappa shape index (κ2) is 7.14. The molecule has 4 nitrogen and oxygen atoms in total. The Balaban J connectivity index is 2.34. The van der Waals surface area contributed by atoms with E-state index < -0.39 is 0 Å². The van der Waals surface area contributed by atoms with Crippen LogP contribution in [0.15, 0.2) is 24.3 Å². The number of carbonyl (C=O) groups excluding carboxylic acids is 1. The molecule has 1 amide bonds. The van der Waals surface area contributed by atoms with Crippen molar-refractivity contribution >= 4 is 5.91 Å². The van der Waals surface area contributed by atoms with Gasteiger partial charge < -0.3 is 15.8 Å². The van der Waals surface area contributed by atoms with Crippen molar-refractivity contribution in [1.82, 2.24) is 5.32 Å². The number of para-hydroxylation sites is 1. The number of hydrogen-bond acceptors (Lipinski definition) is 3. The number of carbonyl (C=O) groups is 1. The van der Waals surface area contributed by atoms with Gasteiger partial charge in [0.1, 0.15) is 5.75 Å². The number of ether oxygens (including phenoxy) is 1. The van der Waals surface area contributed by atoms with Crippen molar-refractivity contribution < 1.29 is 9.53 Å². The van der Waals surface area contributed by atoms with Gasteiger partial charge in [0.05, 0.1) is 0 Å². The molecule has 0 spiro atoms. The van der Waals surface area contributed by atoms with Gasteiger partial charge in [-0.2, -0.15) is 0 Å². The highest BCUT2D eigenvalue weighted by atomic mass is 16.5. The van der Waals surface area contributed by atoms with Crippen LogP contribution in [-0.4, -0.2) is 19.1 Å². The first-order valence-corrected chi connectivity index (χ1v) is 6.60. The molecule has 19 heavy (non-hydrogen) atoms. The molecule has 0 fully saturated rings. The Hall–Kier alpha value is -1.55. The van der Waals surface area contributed by atoms with Gasteiger partial charge in [0.2, 0.25) is 0 Å². The van der Waals surface area contributed by atoms with E-state index in [1.165, 1.54) is 0 Å². The highest BCUT2D eigenvalue weighted by Crippen LogP contribution is 2.17. The molecule has 0 radical (unpaired) electrons. The van der Waals surface area contributed by atoms with E-state index >= 15 is 0 Å². The van der Waals surface area contributed by atoms with E-state index in [9.17, 15) is 4.79 Å². The standard InChI is InChI=1S/C15H24N2O2/c1-15(2,3)8-9-17-14(18)11-19-13-7-5-4-6-12(13)10-16/h4-7H,8-11,16H2,1-3H3,(H,17,18). The Morgan fingerprint density at radius 2 is 2.00 bits per heavy atom. The molecule has 0 aliphatic rings. The first-order chi connectivity index (χ1) is 8.92. The van der Waals surface area contributed by atoms with Gasteiger partial charge in [0.25, 0.3) is 5.91 Å². The lowest BCUT2D eigenvalue weighted by atomic mass is 9.92. The van der Waals surface area contributed by atoms with Crippen LogP contribution in [0.3, 0.4) is 0 Å². The van der Waals surface area contributed by atoms with Crippen molar-refractivity contribution in [1.29, 1.82) is 0 Å². The molecule has 1 rings (SSSR count). The molecular weight excluding hydrogens is 240 g/mol. The summed E-state index contributed by atoms with van der Waals surface area (Å²) in [6, 6.07) is 7.49. The summed E-state index contributed by atoms with van der Waals surface area (Å²) in [5.74, 6) is 0.576. The monoisotopic (exact) mass is 264 g/mol. The Morgan fingerprint density at radius 1 is 1.32 bits per heavy atom. The van der Waals surface area contributed by atoms with Gasteiger partial charge >= 0.3 is 0 Å². The molecule has 0 aliphatic heterocycles. The minimum Gasteiger partial charge on any atom is -0.483 e. The zero-order valence-electron chi connectivity index (χ0n) is 12.0. The number of nitrogens with two attached hydrogens (primary N) is 1. The van der Waals surface area contributed by atoms with Gasteiger partial charge in [-0.05, 0) is 17.9 Å². The normalized spacial score (nSPS) is 11.2. The fourth-order valence-electron chi connectivity index (χ4n) is 1.58. The predicted octanol–water partition coefficient (Wildman–Crippen LogP) is 2.08. The Morgan fingerprint density at radius 3 is 2.63 bits per heavy atom. The highest BCUT2D eigenvalue weighted by molar-refractivity contribution is 5.77. The average molecular weight is 264 g/mol. The van der Waals surface area contributed by atoms with Crippen molar-refractivity contribution in [2.45, 2.75) is 33.7 Å². The van der Waals surface area contributed by atoms with E-state index in [1.807, 2.05) is 24.3 Å². The summed E-state index contributed by atoms with van der Waals surface area (Å²) in [6.45, 7) is 7.54. The summed E-state index contributed by atoms with van der Waals surface area (Å²) in [6.07, 6.45) is 0.943. The number of rotatable bonds is 6. The molecule has 0 saturated heterocycles. The number of benzene rings is 1. The summed E-state index contributed by atoms with van der Waals surface area (Å²) in [5, 5.41) is 2.85.